The van der Waals surface area contributed by atoms with E-state index in [0.717, 1.165) is 48.2 Å². The summed E-state index contributed by atoms with van der Waals surface area (Å²) in [4.78, 5) is 4.30. The number of benzene rings is 1. The second kappa shape index (κ2) is 8.12. The van der Waals surface area contributed by atoms with E-state index < -0.39 is 0 Å². The standard InChI is InChI=1S/C19H27N5O2/c1-13-16(14(2)24(4)23-13)8-9-21-19(20-3)22-15-6-7-17-18(12-15)26-11-5-10-25-17/h6-7,12H,5,8-11H2,1-4H3,(H2,20,21,22). The molecular weight excluding hydrogens is 330 g/mol. The number of fused-ring (bicyclic) bond motifs is 1. The third-order valence-corrected chi connectivity index (χ3v) is 4.56. The summed E-state index contributed by atoms with van der Waals surface area (Å²) < 4.78 is 13.3. The number of guanidine groups is 1. The lowest BCUT2D eigenvalue weighted by Crippen LogP contribution is -2.32. The molecule has 0 unspecified atom stereocenters. The van der Waals surface area contributed by atoms with E-state index in [0.29, 0.717) is 13.2 Å². The number of hydrogen-bond donors (Lipinski definition) is 2. The number of anilines is 1. The Hall–Kier alpha value is -2.70. The van der Waals surface area contributed by atoms with Gasteiger partial charge in [0.15, 0.2) is 17.5 Å². The van der Waals surface area contributed by atoms with Gasteiger partial charge in [-0.2, -0.15) is 5.10 Å². The lowest BCUT2D eigenvalue weighted by molar-refractivity contribution is 0.297. The van der Waals surface area contributed by atoms with Gasteiger partial charge in [0, 0.05) is 44.5 Å². The lowest BCUT2D eigenvalue weighted by atomic mass is 10.1. The molecule has 2 heterocycles. The summed E-state index contributed by atoms with van der Waals surface area (Å²) >= 11 is 0. The fourth-order valence-corrected chi connectivity index (χ4v) is 3.04. The van der Waals surface area contributed by atoms with Crippen molar-refractivity contribution in [3.8, 4) is 11.5 Å². The minimum absolute atomic E-state index is 0.674. The quantitative estimate of drug-likeness (QED) is 0.649. The summed E-state index contributed by atoms with van der Waals surface area (Å²) in [6, 6.07) is 5.84. The molecule has 7 nitrogen and oxygen atoms in total. The molecule has 7 heteroatoms. The Labute approximate surface area is 154 Å². The Bertz CT molecular complexity index is 797. The van der Waals surface area contributed by atoms with Gasteiger partial charge in [0.05, 0.1) is 18.9 Å². The van der Waals surface area contributed by atoms with E-state index in [2.05, 4.69) is 27.6 Å². The Morgan fingerprint density at radius 1 is 1.23 bits per heavy atom. The first-order valence-electron chi connectivity index (χ1n) is 8.95. The Morgan fingerprint density at radius 3 is 2.69 bits per heavy atom. The van der Waals surface area contributed by atoms with E-state index in [1.165, 1.54) is 11.3 Å². The topological polar surface area (TPSA) is 72.7 Å². The molecule has 2 aromatic rings. The number of nitrogens with zero attached hydrogens (tertiary/aromatic N) is 3. The first-order chi connectivity index (χ1) is 12.6. The van der Waals surface area contributed by atoms with Crippen LogP contribution in [0.2, 0.25) is 0 Å². The van der Waals surface area contributed by atoms with Crippen molar-refractivity contribution >= 4 is 11.6 Å². The van der Waals surface area contributed by atoms with E-state index in [9.17, 15) is 0 Å². The summed E-state index contributed by atoms with van der Waals surface area (Å²) in [5.74, 6) is 2.28. The molecule has 1 aromatic heterocycles. The van der Waals surface area contributed by atoms with Gasteiger partial charge in [-0.25, -0.2) is 0 Å². The van der Waals surface area contributed by atoms with Crippen LogP contribution in [0.1, 0.15) is 23.4 Å². The van der Waals surface area contributed by atoms with Crippen LogP contribution in [0, 0.1) is 13.8 Å². The molecule has 0 saturated carbocycles. The highest BCUT2D eigenvalue weighted by atomic mass is 16.5. The zero-order valence-electron chi connectivity index (χ0n) is 15.9. The first-order valence-corrected chi connectivity index (χ1v) is 8.95. The molecule has 0 spiro atoms. The number of rotatable bonds is 4. The van der Waals surface area contributed by atoms with E-state index in [-0.39, 0.29) is 0 Å². The van der Waals surface area contributed by atoms with Crippen molar-refractivity contribution in [3.05, 3.63) is 35.2 Å². The van der Waals surface area contributed by atoms with Crippen molar-refractivity contribution in [2.75, 3.05) is 32.1 Å². The molecule has 0 aliphatic carbocycles. The Kier molecular flexibility index (Phi) is 5.65. The van der Waals surface area contributed by atoms with E-state index in [4.69, 9.17) is 9.47 Å². The molecule has 0 atom stereocenters. The maximum atomic E-state index is 5.74. The summed E-state index contributed by atoms with van der Waals surface area (Å²) in [7, 11) is 3.74. The largest absolute Gasteiger partial charge is 0.490 e. The molecular formula is C19H27N5O2. The van der Waals surface area contributed by atoms with Crippen LogP contribution in [-0.4, -0.2) is 42.5 Å². The van der Waals surface area contributed by atoms with Crippen LogP contribution in [0.3, 0.4) is 0 Å². The minimum atomic E-state index is 0.674. The second-order valence-corrected chi connectivity index (χ2v) is 6.36. The van der Waals surface area contributed by atoms with Crippen molar-refractivity contribution in [1.29, 1.82) is 0 Å². The van der Waals surface area contributed by atoms with Crippen LogP contribution in [0.4, 0.5) is 5.69 Å². The highest BCUT2D eigenvalue weighted by Gasteiger charge is 2.12. The normalized spacial score (nSPS) is 14.1. The molecule has 2 N–H and O–H groups in total. The number of aryl methyl sites for hydroxylation is 2. The van der Waals surface area contributed by atoms with Crippen LogP contribution in [-0.2, 0) is 13.5 Å². The predicted octanol–water partition coefficient (Wildman–Crippen LogP) is 2.43. The predicted molar refractivity (Wildman–Crippen MR) is 103 cm³/mol. The van der Waals surface area contributed by atoms with Gasteiger partial charge in [-0.1, -0.05) is 0 Å². The van der Waals surface area contributed by atoms with Gasteiger partial charge in [-0.3, -0.25) is 9.67 Å². The summed E-state index contributed by atoms with van der Waals surface area (Å²) in [5.41, 5.74) is 4.48. The number of nitrogens with one attached hydrogen (secondary N) is 2. The van der Waals surface area contributed by atoms with Gasteiger partial charge in [0.25, 0.3) is 0 Å². The molecule has 1 aliphatic heterocycles. The van der Waals surface area contributed by atoms with E-state index >= 15 is 0 Å². The average molecular weight is 357 g/mol. The number of ether oxygens (including phenoxy) is 2. The van der Waals surface area contributed by atoms with Gasteiger partial charge < -0.3 is 20.1 Å². The second-order valence-electron chi connectivity index (χ2n) is 6.36. The fraction of sp³-hybridized carbons (Fsp3) is 0.474. The third-order valence-electron chi connectivity index (χ3n) is 4.56. The number of aliphatic imine (C=N–C) groups is 1. The van der Waals surface area contributed by atoms with Crippen LogP contribution >= 0.6 is 0 Å². The van der Waals surface area contributed by atoms with Gasteiger partial charge in [-0.05, 0) is 38.0 Å². The van der Waals surface area contributed by atoms with Crippen molar-refractivity contribution in [2.45, 2.75) is 26.7 Å². The molecule has 0 saturated heterocycles. The smallest absolute Gasteiger partial charge is 0.195 e. The van der Waals surface area contributed by atoms with E-state index in [1.54, 1.807) is 7.05 Å². The summed E-state index contributed by atoms with van der Waals surface area (Å²) in [6.45, 7) is 6.29. The molecule has 0 bridgehead atoms. The Morgan fingerprint density at radius 2 is 2.00 bits per heavy atom. The zero-order chi connectivity index (χ0) is 18.5. The molecule has 1 aliphatic rings. The number of hydrogen-bond acceptors (Lipinski definition) is 4. The van der Waals surface area contributed by atoms with Gasteiger partial charge >= 0.3 is 0 Å². The highest BCUT2D eigenvalue weighted by molar-refractivity contribution is 5.93. The van der Waals surface area contributed by atoms with Gasteiger partial charge in [-0.15, -0.1) is 0 Å². The van der Waals surface area contributed by atoms with Gasteiger partial charge in [0.2, 0.25) is 0 Å². The van der Waals surface area contributed by atoms with Crippen molar-refractivity contribution in [2.24, 2.45) is 12.0 Å². The molecule has 0 fully saturated rings. The molecule has 3 rings (SSSR count). The molecule has 0 amide bonds. The molecule has 26 heavy (non-hydrogen) atoms. The maximum absolute atomic E-state index is 5.74. The molecule has 140 valence electrons. The maximum Gasteiger partial charge on any atom is 0.195 e. The van der Waals surface area contributed by atoms with Gasteiger partial charge in [0.1, 0.15) is 0 Å². The van der Waals surface area contributed by atoms with Crippen LogP contribution < -0.4 is 20.1 Å². The van der Waals surface area contributed by atoms with E-state index in [1.807, 2.05) is 36.9 Å². The SMILES string of the molecule is CN=C(NCCc1c(C)nn(C)c1C)Nc1ccc2c(c1)OCCCO2. The van der Waals surface area contributed by atoms with Crippen LogP contribution in [0.25, 0.3) is 0 Å². The Balaban J connectivity index is 1.59. The fourth-order valence-electron chi connectivity index (χ4n) is 3.04. The third kappa shape index (κ3) is 4.09. The monoisotopic (exact) mass is 357 g/mol. The average Bonchev–Trinajstić information content (AvgIpc) is 2.81. The minimum Gasteiger partial charge on any atom is -0.490 e. The van der Waals surface area contributed by atoms with Crippen molar-refractivity contribution < 1.29 is 9.47 Å². The van der Waals surface area contributed by atoms with Crippen LogP contribution in [0.5, 0.6) is 11.5 Å². The lowest BCUT2D eigenvalue weighted by Gasteiger charge is -2.14. The molecule has 0 radical (unpaired) electrons. The number of aromatic nitrogens is 2. The molecule has 1 aromatic carbocycles. The first kappa shape index (κ1) is 18.1. The highest BCUT2D eigenvalue weighted by Crippen LogP contribution is 2.32. The van der Waals surface area contributed by atoms with Crippen LogP contribution in [0.15, 0.2) is 23.2 Å². The zero-order valence-corrected chi connectivity index (χ0v) is 15.9. The van der Waals surface area contributed by atoms with Crippen molar-refractivity contribution in [1.82, 2.24) is 15.1 Å². The summed E-state index contributed by atoms with van der Waals surface area (Å²) in [6.07, 6.45) is 1.79. The summed E-state index contributed by atoms with van der Waals surface area (Å²) in [5, 5.41) is 11.1. The van der Waals surface area contributed by atoms with Crippen molar-refractivity contribution in [3.63, 3.8) is 0 Å².